The molecule has 1 heteroatoms. The average Bonchev–Trinajstić information content (AvgIpc) is 2.52. The third-order valence-corrected chi connectivity index (χ3v) is 5.02. The molecule has 0 aliphatic heterocycles. The van der Waals surface area contributed by atoms with E-state index in [1.54, 1.807) is 0 Å². The first kappa shape index (κ1) is 15.6. The summed E-state index contributed by atoms with van der Waals surface area (Å²) >= 11 is 0. The minimum absolute atomic E-state index is 0.717. The molecule has 1 aliphatic carbocycles. The van der Waals surface area contributed by atoms with Gasteiger partial charge in [0.15, 0.2) is 0 Å². The van der Waals surface area contributed by atoms with Crippen molar-refractivity contribution in [3.05, 3.63) is 35.9 Å². The Hall–Kier alpha value is -0.820. The first-order valence-corrected chi connectivity index (χ1v) is 8.60. The predicted molar refractivity (Wildman–Crippen MR) is 88.0 cm³/mol. The van der Waals surface area contributed by atoms with Gasteiger partial charge in [-0.05, 0) is 49.6 Å². The summed E-state index contributed by atoms with van der Waals surface area (Å²) in [6.07, 6.45) is 9.66. The maximum Gasteiger partial charge on any atom is 0.00984 e. The lowest BCUT2D eigenvalue weighted by molar-refractivity contribution is 0.203. The highest BCUT2D eigenvalue weighted by Gasteiger charge is 2.26. The summed E-state index contributed by atoms with van der Waals surface area (Å²) in [6.45, 7) is 5.71. The molecule has 0 aromatic heterocycles. The number of hydrogen-bond acceptors (Lipinski definition) is 1. The number of aryl methyl sites for hydroxylation is 1. The van der Waals surface area contributed by atoms with Crippen LogP contribution in [0.25, 0.3) is 0 Å². The molecule has 0 radical (unpaired) electrons. The molecule has 3 atom stereocenters. The fourth-order valence-corrected chi connectivity index (χ4v) is 3.80. The van der Waals surface area contributed by atoms with E-state index in [4.69, 9.17) is 0 Å². The van der Waals surface area contributed by atoms with E-state index in [0.717, 1.165) is 24.4 Å². The van der Waals surface area contributed by atoms with E-state index in [1.165, 1.54) is 50.5 Å². The molecule has 1 saturated carbocycles. The average molecular weight is 273 g/mol. The van der Waals surface area contributed by atoms with Gasteiger partial charge in [0.25, 0.3) is 0 Å². The third kappa shape index (κ3) is 4.63. The van der Waals surface area contributed by atoms with Crippen LogP contribution < -0.4 is 5.32 Å². The summed E-state index contributed by atoms with van der Waals surface area (Å²) in [5, 5.41) is 3.77. The molecular formula is C19H31N. The standard InChI is InChI=1S/C19H31N/c1-3-16-11-8-12-18(15-16)19(20-4-2)14-13-17-9-6-5-7-10-17/h5-7,9-10,16,18-20H,3-4,8,11-15H2,1-2H3. The van der Waals surface area contributed by atoms with E-state index in [-0.39, 0.29) is 0 Å². The highest BCUT2D eigenvalue weighted by atomic mass is 14.9. The highest BCUT2D eigenvalue weighted by Crippen LogP contribution is 2.34. The topological polar surface area (TPSA) is 12.0 Å². The van der Waals surface area contributed by atoms with Gasteiger partial charge in [0, 0.05) is 6.04 Å². The van der Waals surface area contributed by atoms with Crippen LogP contribution in [0.4, 0.5) is 0 Å². The van der Waals surface area contributed by atoms with Gasteiger partial charge in [-0.25, -0.2) is 0 Å². The molecule has 1 fully saturated rings. The van der Waals surface area contributed by atoms with Gasteiger partial charge in [-0.15, -0.1) is 0 Å². The maximum absolute atomic E-state index is 3.77. The van der Waals surface area contributed by atoms with E-state index in [2.05, 4.69) is 49.5 Å². The van der Waals surface area contributed by atoms with E-state index < -0.39 is 0 Å². The molecule has 1 aromatic carbocycles. The van der Waals surface area contributed by atoms with Crippen LogP contribution in [0, 0.1) is 11.8 Å². The first-order chi connectivity index (χ1) is 9.83. The van der Waals surface area contributed by atoms with E-state index >= 15 is 0 Å². The fraction of sp³-hybridized carbons (Fsp3) is 0.684. The van der Waals surface area contributed by atoms with Gasteiger partial charge in [0.1, 0.15) is 0 Å². The van der Waals surface area contributed by atoms with Crippen LogP contribution in [-0.4, -0.2) is 12.6 Å². The van der Waals surface area contributed by atoms with Crippen molar-refractivity contribution >= 4 is 0 Å². The predicted octanol–water partition coefficient (Wildman–Crippen LogP) is 4.81. The van der Waals surface area contributed by atoms with Gasteiger partial charge >= 0.3 is 0 Å². The van der Waals surface area contributed by atoms with Crippen LogP contribution >= 0.6 is 0 Å². The third-order valence-electron chi connectivity index (χ3n) is 5.02. The van der Waals surface area contributed by atoms with Gasteiger partial charge in [-0.2, -0.15) is 0 Å². The second-order valence-corrected chi connectivity index (χ2v) is 6.39. The summed E-state index contributed by atoms with van der Waals surface area (Å²) < 4.78 is 0. The number of nitrogens with one attached hydrogen (secondary N) is 1. The minimum Gasteiger partial charge on any atom is -0.314 e. The van der Waals surface area contributed by atoms with Crippen LogP contribution in [0.2, 0.25) is 0 Å². The maximum atomic E-state index is 3.77. The van der Waals surface area contributed by atoms with Crippen LogP contribution in [0.1, 0.15) is 57.9 Å². The van der Waals surface area contributed by atoms with Gasteiger partial charge in [0.05, 0.1) is 0 Å². The second kappa shape index (κ2) is 8.46. The summed E-state index contributed by atoms with van der Waals surface area (Å²) in [5.41, 5.74) is 1.48. The quantitative estimate of drug-likeness (QED) is 0.751. The smallest absolute Gasteiger partial charge is 0.00984 e. The van der Waals surface area contributed by atoms with E-state index in [9.17, 15) is 0 Å². The zero-order valence-corrected chi connectivity index (χ0v) is 13.3. The van der Waals surface area contributed by atoms with Crippen molar-refractivity contribution in [2.75, 3.05) is 6.54 Å². The molecule has 0 amide bonds. The van der Waals surface area contributed by atoms with Gasteiger partial charge < -0.3 is 5.32 Å². The molecule has 0 saturated heterocycles. The monoisotopic (exact) mass is 273 g/mol. The molecule has 1 aliphatic rings. The normalized spacial score (nSPS) is 24.5. The molecule has 20 heavy (non-hydrogen) atoms. The van der Waals surface area contributed by atoms with Crippen molar-refractivity contribution in [3.8, 4) is 0 Å². The Morgan fingerprint density at radius 2 is 1.95 bits per heavy atom. The zero-order chi connectivity index (χ0) is 14.2. The lowest BCUT2D eigenvalue weighted by atomic mass is 9.75. The zero-order valence-electron chi connectivity index (χ0n) is 13.3. The van der Waals surface area contributed by atoms with Crippen molar-refractivity contribution in [1.29, 1.82) is 0 Å². The van der Waals surface area contributed by atoms with Crippen LogP contribution in [0.3, 0.4) is 0 Å². The molecular weight excluding hydrogens is 242 g/mol. The highest BCUT2D eigenvalue weighted by molar-refractivity contribution is 5.14. The van der Waals surface area contributed by atoms with Crippen LogP contribution in [-0.2, 0) is 6.42 Å². The lowest BCUT2D eigenvalue weighted by Gasteiger charge is -2.35. The fourth-order valence-electron chi connectivity index (χ4n) is 3.80. The number of benzene rings is 1. The molecule has 3 unspecified atom stereocenters. The van der Waals surface area contributed by atoms with Crippen LogP contribution in [0.5, 0.6) is 0 Å². The molecule has 2 rings (SSSR count). The Morgan fingerprint density at radius 3 is 2.65 bits per heavy atom. The Labute approximate surface area is 125 Å². The largest absolute Gasteiger partial charge is 0.314 e. The van der Waals surface area contributed by atoms with Gasteiger partial charge in [-0.3, -0.25) is 0 Å². The number of rotatable bonds is 7. The summed E-state index contributed by atoms with van der Waals surface area (Å²) in [4.78, 5) is 0. The van der Waals surface area contributed by atoms with Crippen molar-refractivity contribution in [2.45, 2.75) is 64.8 Å². The van der Waals surface area contributed by atoms with Crippen molar-refractivity contribution in [1.82, 2.24) is 5.32 Å². The van der Waals surface area contributed by atoms with Crippen LogP contribution in [0.15, 0.2) is 30.3 Å². The molecule has 1 N–H and O–H groups in total. The molecule has 1 nitrogen and oxygen atoms in total. The molecule has 0 spiro atoms. The molecule has 0 heterocycles. The van der Waals surface area contributed by atoms with Crippen molar-refractivity contribution in [2.24, 2.45) is 11.8 Å². The lowest BCUT2D eigenvalue weighted by Crippen LogP contribution is -2.39. The number of hydrogen-bond donors (Lipinski definition) is 1. The Balaban J connectivity index is 1.89. The Morgan fingerprint density at radius 1 is 1.15 bits per heavy atom. The summed E-state index contributed by atoms with van der Waals surface area (Å²) in [7, 11) is 0. The SMILES string of the molecule is CCNC(CCc1ccccc1)C1CCCC(CC)C1. The molecule has 112 valence electrons. The molecule has 0 bridgehead atoms. The summed E-state index contributed by atoms with van der Waals surface area (Å²) in [5.74, 6) is 1.88. The first-order valence-electron chi connectivity index (χ1n) is 8.60. The Kier molecular flexibility index (Phi) is 6.59. The van der Waals surface area contributed by atoms with Crippen molar-refractivity contribution < 1.29 is 0 Å². The second-order valence-electron chi connectivity index (χ2n) is 6.39. The Bertz CT molecular complexity index is 359. The van der Waals surface area contributed by atoms with E-state index in [1.807, 2.05) is 0 Å². The molecule has 1 aromatic rings. The van der Waals surface area contributed by atoms with Gasteiger partial charge in [-0.1, -0.05) is 63.4 Å². The van der Waals surface area contributed by atoms with Gasteiger partial charge in [0.2, 0.25) is 0 Å². The summed E-state index contributed by atoms with van der Waals surface area (Å²) in [6, 6.07) is 11.7. The minimum atomic E-state index is 0.717. The van der Waals surface area contributed by atoms with Crippen molar-refractivity contribution in [3.63, 3.8) is 0 Å². The van der Waals surface area contributed by atoms with E-state index in [0.29, 0.717) is 0 Å².